The van der Waals surface area contributed by atoms with Crippen LogP contribution in [0.3, 0.4) is 0 Å². The molecule has 0 radical (unpaired) electrons. The summed E-state index contributed by atoms with van der Waals surface area (Å²) < 4.78 is 11.4. The number of aromatic nitrogens is 1. The lowest BCUT2D eigenvalue weighted by atomic mass is 9.95. The number of nitrogens with zero attached hydrogens (tertiary/aromatic N) is 2. The molecule has 3 amide bonds. The monoisotopic (exact) mass is 782 g/mol. The Morgan fingerprint density at radius 3 is 2.05 bits per heavy atom. The van der Waals surface area contributed by atoms with E-state index in [-0.39, 0.29) is 42.9 Å². The Bertz CT molecular complexity index is 1970. The maximum Gasteiger partial charge on any atom is 0.407 e. The fraction of sp³-hybridized carbons (Fsp3) is 0.395. The van der Waals surface area contributed by atoms with E-state index < -0.39 is 54.1 Å². The van der Waals surface area contributed by atoms with E-state index in [0.717, 1.165) is 39.2 Å². The number of carboxylic acids is 1. The largest absolute Gasteiger partial charge is 0.481 e. The molecular formula is C43H50N4O8S. The molecule has 56 heavy (non-hydrogen) atoms. The molecule has 1 aliphatic carbocycles. The number of aliphatic carboxylic acids is 1. The Morgan fingerprint density at radius 2 is 1.46 bits per heavy atom. The van der Waals surface area contributed by atoms with Crippen LogP contribution >= 0.6 is 11.3 Å². The summed E-state index contributed by atoms with van der Waals surface area (Å²) in [5, 5.41) is 17.1. The number of esters is 1. The fourth-order valence-corrected chi connectivity index (χ4v) is 8.10. The summed E-state index contributed by atoms with van der Waals surface area (Å²) in [6.07, 6.45) is -0.759. The average Bonchev–Trinajstić information content (AvgIpc) is 3.79. The summed E-state index contributed by atoms with van der Waals surface area (Å²) in [4.78, 5) is 70.3. The number of likely N-dealkylation sites (N-methyl/N-ethyl adjacent to an activating group) is 1. The molecule has 296 valence electrons. The highest BCUT2D eigenvalue weighted by Crippen LogP contribution is 2.44. The Balaban J connectivity index is 1.22. The molecule has 1 aromatic heterocycles. The molecular weight excluding hydrogens is 733 g/mol. The first-order valence-electron chi connectivity index (χ1n) is 18.8. The minimum absolute atomic E-state index is 0.0960. The molecule has 1 aliphatic rings. The number of ether oxygens (including phenoxy) is 2. The van der Waals surface area contributed by atoms with Crippen LogP contribution in [0.4, 0.5) is 4.79 Å². The van der Waals surface area contributed by atoms with Crippen LogP contribution in [0.5, 0.6) is 0 Å². The first-order valence-corrected chi connectivity index (χ1v) is 19.7. The predicted molar refractivity (Wildman–Crippen MR) is 213 cm³/mol. The van der Waals surface area contributed by atoms with Crippen molar-refractivity contribution in [1.82, 2.24) is 20.5 Å². The summed E-state index contributed by atoms with van der Waals surface area (Å²) in [5.41, 5.74) is 5.44. The molecule has 0 spiro atoms. The van der Waals surface area contributed by atoms with E-state index in [2.05, 4.69) is 27.8 Å². The van der Waals surface area contributed by atoms with Gasteiger partial charge in [0.15, 0.2) is 6.10 Å². The van der Waals surface area contributed by atoms with Crippen LogP contribution < -0.4 is 10.6 Å². The van der Waals surface area contributed by atoms with Gasteiger partial charge in [-0.2, -0.15) is 0 Å². The first kappa shape index (κ1) is 41.6. The molecule has 13 heteroatoms. The van der Waals surface area contributed by atoms with Crippen LogP contribution in [0, 0.1) is 11.8 Å². The molecule has 0 fully saturated rings. The van der Waals surface area contributed by atoms with E-state index in [1.165, 1.54) is 11.8 Å². The molecule has 3 aromatic carbocycles. The lowest BCUT2D eigenvalue weighted by Crippen LogP contribution is -2.50. The zero-order chi connectivity index (χ0) is 40.5. The van der Waals surface area contributed by atoms with Crippen molar-refractivity contribution in [2.75, 3.05) is 13.7 Å². The van der Waals surface area contributed by atoms with E-state index >= 15 is 0 Å². The SMILES string of the molecule is CC(=O)O[C@H](C[C@@H](C(C)C)N(C)C(=O)[C@H](C)NC(=O)OCC1c2ccccc2-c2ccccc21)c1nc(C(=O)N[C@H](Cc2ccccc2)C[C@H](C)C(=O)O)cs1. The number of carboxylic acid groups (broad SMARTS) is 1. The number of thiazole rings is 1. The quantitative estimate of drug-likeness (QED) is 0.0957. The van der Waals surface area contributed by atoms with Gasteiger partial charge in [0.2, 0.25) is 5.91 Å². The highest BCUT2D eigenvalue weighted by molar-refractivity contribution is 7.09. The molecule has 4 aromatic rings. The third kappa shape index (κ3) is 10.4. The van der Waals surface area contributed by atoms with Crippen molar-refractivity contribution in [3.8, 4) is 11.1 Å². The molecule has 0 aliphatic heterocycles. The number of hydrogen-bond donors (Lipinski definition) is 3. The van der Waals surface area contributed by atoms with Crippen molar-refractivity contribution in [3.63, 3.8) is 0 Å². The van der Waals surface area contributed by atoms with Crippen molar-refractivity contribution < 1.29 is 38.6 Å². The minimum Gasteiger partial charge on any atom is -0.481 e. The molecule has 0 unspecified atom stereocenters. The van der Waals surface area contributed by atoms with Crippen LogP contribution in [0.15, 0.2) is 84.2 Å². The second kappa shape index (κ2) is 18.9. The normalized spacial score (nSPS) is 14.7. The zero-order valence-electron chi connectivity index (χ0n) is 32.6. The molecule has 3 N–H and O–H groups in total. The number of rotatable bonds is 17. The standard InChI is InChI=1S/C43H50N4O8S/c1-25(2)37(47(6)41(50)27(4)44-43(53)54-23-35-33-18-12-10-16-31(33)32-17-11-13-19-34(32)35)22-38(55-28(5)48)40-46-36(24-56-40)39(49)45-30(20-26(3)42(51)52)21-29-14-8-7-9-15-29/h7-19,24-27,30,35,37-38H,20-23H2,1-6H3,(H,44,53)(H,45,49)(H,51,52)/t26-,27-,30-,37-,38+/m0/s1. The van der Waals surface area contributed by atoms with Crippen molar-refractivity contribution in [3.05, 3.63) is 112 Å². The van der Waals surface area contributed by atoms with Crippen LogP contribution in [-0.4, -0.2) is 76.6 Å². The smallest absolute Gasteiger partial charge is 0.407 e. The van der Waals surface area contributed by atoms with Crippen LogP contribution in [-0.2, 0) is 30.3 Å². The first-order chi connectivity index (χ1) is 26.7. The van der Waals surface area contributed by atoms with Gasteiger partial charge in [-0.1, -0.05) is 99.6 Å². The number of amides is 3. The maximum atomic E-state index is 13.7. The third-order valence-electron chi connectivity index (χ3n) is 10.2. The van der Waals surface area contributed by atoms with Gasteiger partial charge in [0, 0.05) is 43.8 Å². The fourth-order valence-electron chi connectivity index (χ4n) is 7.26. The number of hydrogen-bond acceptors (Lipinski definition) is 9. The lowest BCUT2D eigenvalue weighted by molar-refractivity contribution is -0.148. The highest BCUT2D eigenvalue weighted by atomic mass is 32.1. The van der Waals surface area contributed by atoms with E-state index in [4.69, 9.17) is 9.47 Å². The van der Waals surface area contributed by atoms with E-state index in [1.807, 2.05) is 80.6 Å². The summed E-state index contributed by atoms with van der Waals surface area (Å²) in [7, 11) is 1.64. The van der Waals surface area contributed by atoms with E-state index in [0.29, 0.717) is 11.4 Å². The van der Waals surface area contributed by atoms with Crippen molar-refractivity contribution in [2.45, 2.75) is 84.0 Å². The lowest BCUT2D eigenvalue weighted by Gasteiger charge is -2.35. The predicted octanol–water partition coefficient (Wildman–Crippen LogP) is 7.00. The second-order valence-electron chi connectivity index (χ2n) is 14.7. The molecule has 0 saturated heterocycles. The van der Waals surface area contributed by atoms with Crippen molar-refractivity contribution in [1.29, 1.82) is 0 Å². The number of alkyl carbamates (subject to hydrolysis) is 1. The molecule has 5 atom stereocenters. The Labute approximate surface area is 331 Å². The van der Waals surface area contributed by atoms with Gasteiger partial charge >= 0.3 is 18.0 Å². The zero-order valence-corrected chi connectivity index (χ0v) is 33.4. The molecule has 0 bridgehead atoms. The molecule has 0 saturated carbocycles. The summed E-state index contributed by atoms with van der Waals surface area (Å²) in [6, 6.07) is 23.7. The second-order valence-corrected chi connectivity index (χ2v) is 15.6. The summed E-state index contributed by atoms with van der Waals surface area (Å²) in [6.45, 7) is 8.46. The van der Waals surface area contributed by atoms with Gasteiger partial charge in [-0.05, 0) is 53.5 Å². The number of carbonyl (C=O) groups excluding carboxylic acids is 4. The van der Waals surface area contributed by atoms with Gasteiger partial charge in [0.05, 0.1) is 5.92 Å². The molecule has 5 rings (SSSR count). The van der Waals surface area contributed by atoms with Crippen LogP contribution in [0.25, 0.3) is 11.1 Å². The van der Waals surface area contributed by atoms with Crippen LogP contribution in [0.2, 0.25) is 0 Å². The van der Waals surface area contributed by atoms with E-state index in [1.54, 1.807) is 26.3 Å². The van der Waals surface area contributed by atoms with Gasteiger partial charge in [0.1, 0.15) is 23.4 Å². The van der Waals surface area contributed by atoms with Crippen molar-refractivity contribution >= 4 is 41.2 Å². The number of carbonyl (C=O) groups is 5. The number of benzene rings is 3. The van der Waals surface area contributed by atoms with Gasteiger partial charge in [-0.3, -0.25) is 19.2 Å². The summed E-state index contributed by atoms with van der Waals surface area (Å²) >= 11 is 1.15. The average molecular weight is 783 g/mol. The van der Waals surface area contributed by atoms with Gasteiger partial charge < -0.3 is 30.1 Å². The van der Waals surface area contributed by atoms with Crippen LogP contribution in [0.1, 0.15) is 91.7 Å². The van der Waals surface area contributed by atoms with Gasteiger partial charge in [0.25, 0.3) is 5.91 Å². The molecule has 1 heterocycles. The van der Waals surface area contributed by atoms with E-state index in [9.17, 15) is 29.1 Å². The Morgan fingerprint density at radius 1 is 0.857 bits per heavy atom. The highest BCUT2D eigenvalue weighted by Gasteiger charge is 2.34. The Kier molecular flexibility index (Phi) is 14.0. The topological polar surface area (TPSA) is 164 Å². The minimum atomic E-state index is -0.956. The van der Waals surface area contributed by atoms with Crippen molar-refractivity contribution in [2.24, 2.45) is 11.8 Å². The van der Waals surface area contributed by atoms with Gasteiger partial charge in [-0.25, -0.2) is 9.78 Å². The summed E-state index contributed by atoms with van der Waals surface area (Å²) in [5.74, 6) is -3.26. The molecule has 12 nitrogen and oxygen atoms in total. The number of fused-ring (bicyclic) bond motifs is 3. The third-order valence-corrected chi connectivity index (χ3v) is 11.1. The maximum absolute atomic E-state index is 13.7. The van der Waals surface area contributed by atoms with Gasteiger partial charge in [-0.15, -0.1) is 11.3 Å². The Hall–Kier alpha value is -5.56. The number of nitrogens with one attached hydrogen (secondary N) is 2.